The molecule has 0 atom stereocenters. The van der Waals surface area contributed by atoms with Gasteiger partial charge in [0.25, 0.3) is 5.91 Å². The lowest BCUT2D eigenvalue weighted by molar-refractivity contribution is -0.122. The van der Waals surface area contributed by atoms with Gasteiger partial charge in [0.05, 0.1) is 5.56 Å². The van der Waals surface area contributed by atoms with Crippen molar-refractivity contribution < 1.29 is 33.0 Å². The van der Waals surface area contributed by atoms with Crippen molar-refractivity contribution in [3.05, 3.63) is 29.3 Å². The van der Waals surface area contributed by atoms with E-state index in [4.69, 9.17) is 5.11 Å². The Morgan fingerprint density at radius 1 is 1.26 bits per heavy atom. The van der Waals surface area contributed by atoms with E-state index in [0.717, 1.165) is 0 Å². The summed E-state index contributed by atoms with van der Waals surface area (Å²) in [4.78, 5) is 31.8. The molecular formula is C10H8F2N2O5. The molecule has 0 bridgehead atoms. The number of primary amides is 1. The molecular weight excluding hydrogens is 266 g/mol. The maximum absolute atomic E-state index is 13.3. The van der Waals surface area contributed by atoms with Crippen LogP contribution < -0.4 is 15.8 Å². The van der Waals surface area contributed by atoms with Gasteiger partial charge in [-0.25, -0.2) is 18.4 Å². The minimum Gasteiger partial charge on any atom is -0.478 e. The van der Waals surface area contributed by atoms with Gasteiger partial charge in [-0.05, 0) is 12.1 Å². The highest BCUT2D eigenvalue weighted by Crippen LogP contribution is 2.23. The second-order valence-electron chi connectivity index (χ2n) is 3.28. The molecule has 19 heavy (non-hydrogen) atoms. The van der Waals surface area contributed by atoms with Crippen LogP contribution in [0.25, 0.3) is 0 Å². The fraction of sp³-hybridized carbons (Fsp3) is 0.100. The minimum atomic E-state index is -1.52. The number of carbonyl (C=O) groups excluding carboxylic acids is 2. The number of ether oxygens (including phenoxy) is 1. The Balaban J connectivity index is 2.82. The highest BCUT2D eigenvalue weighted by Gasteiger charge is 2.17. The minimum absolute atomic E-state index is 0.534. The number of carboxylic acid groups (broad SMARTS) is 1. The van der Waals surface area contributed by atoms with Gasteiger partial charge in [-0.3, -0.25) is 10.1 Å². The van der Waals surface area contributed by atoms with Crippen LogP contribution >= 0.6 is 0 Å². The van der Waals surface area contributed by atoms with Crippen molar-refractivity contribution >= 4 is 17.9 Å². The van der Waals surface area contributed by atoms with E-state index in [2.05, 4.69) is 10.5 Å². The van der Waals surface area contributed by atoms with E-state index in [1.807, 2.05) is 0 Å². The van der Waals surface area contributed by atoms with Crippen LogP contribution in [0.5, 0.6) is 5.75 Å². The Bertz CT molecular complexity index is 524. The molecule has 0 spiro atoms. The van der Waals surface area contributed by atoms with Crippen LogP contribution in [-0.4, -0.2) is 29.6 Å². The predicted molar refractivity (Wildman–Crippen MR) is 56.5 cm³/mol. The highest BCUT2D eigenvalue weighted by molar-refractivity contribution is 5.94. The third kappa shape index (κ3) is 3.91. The predicted octanol–water partition coefficient (Wildman–Crippen LogP) is 0.237. The Labute approximate surface area is 105 Å². The van der Waals surface area contributed by atoms with Crippen LogP contribution in [0.2, 0.25) is 0 Å². The van der Waals surface area contributed by atoms with Crippen molar-refractivity contribution in [2.24, 2.45) is 5.73 Å². The van der Waals surface area contributed by atoms with Gasteiger partial charge in [-0.15, -0.1) is 0 Å². The van der Waals surface area contributed by atoms with E-state index in [1.54, 1.807) is 5.32 Å². The summed E-state index contributed by atoms with van der Waals surface area (Å²) >= 11 is 0. The molecule has 1 aromatic carbocycles. The second kappa shape index (κ2) is 5.76. The quantitative estimate of drug-likeness (QED) is 0.726. The molecule has 1 aromatic rings. The number of nitrogens with two attached hydrogens (primary N) is 1. The number of hydrogen-bond acceptors (Lipinski definition) is 4. The second-order valence-corrected chi connectivity index (χ2v) is 3.28. The Morgan fingerprint density at radius 2 is 1.79 bits per heavy atom. The molecule has 0 aromatic heterocycles. The summed E-state index contributed by atoms with van der Waals surface area (Å²) in [7, 11) is 0. The Kier molecular flexibility index (Phi) is 4.35. The number of imide groups is 1. The number of urea groups is 1. The van der Waals surface area contributed by atoms with Gasteiger partial charge in [0.1, 0.15) is 0 Å². The fourth-order valence-corrected chi connectivity index (χ4v) is 1.13. The van der Waals surface area contributed by atoms with E-state index in [1.165, 1.54) is 0 Å². The maximum atomic E-state index is 13.3. The summed E-state index contributed by atoms with van der Waals surface area (Å²) in [5.74, 6) is -6.03. The number of rotatable bonds is 4. The van der Waals surface area contributed by atoms with Gasteiger partial charge in [-0.2, -0.15) is 0 Å². The van der Waals surface area contributed by atoms with E-state index in [9.17, 15) is 23.2 Å². The maximum Gasteiger partial charge on any atom is 0.335 e. The molecule has 4 N–H and O–H groups in total. The summed E-state index contributed by atoms with van der Waals surface area (Å²) in [6.07, 6.45) is 0. The SMILES string of the molecule is NC(=O)NC(=O)COc1c(F)cc(C(=O)O)cc1F. The first-order valence-electron chi connectivity index (χ1n) is 4.75. The number of benzene rings is 1. The van der Waals surface area contributed by atoms with Crippen molar-refractivity contribution in [3.8, 4) is 5.75 Å². The van der Waals surface area contributed by atoms with Crippen LogP contribution in [-0.2, 0) is 4.79 Å². The molecule has 0 unspecified atom stereocenters. The zero-order valence-electron chi connectivity index (χ0n) is 9.28. The summed E-state index contributed by atoms with van der Waals surface area (Å²) in [5, 5.41) is 10.2. The first kappa shape index (κ1) is 14.4. The van der Waals surface area contributed by atoms with Crippen LogP contribution in [0, 0.1) is 11.6 Å². The molecule has 3 amide bonds. The van der Waals surface area contributed by atoms with Gasteiger partial charge in [-0.1, -0.05) is 0 Å². The Morgan fingerprint density at radius 3 is 2.21 bits per heavy atom. The number of amides is 3. The number of halogens is 2. The lowest BCUT2D eigenvalue weighted by Gasteiger charge is -2.08. The van der Waals surface area contributed by atoms with E-state index < -0.39 is 47.5 Å². The van der Waals surface area contributed by atoms with Crippen LogP contribution in [0.15, 0.2) is 12.1 Å². The molecule has 0 saturated heterocycles. The molecule has 9 heteroatoms. The highest BCUT2D eigenvalue weighted by atomic mass is 19.1. The normalized spacial score (nSPS) is 9.79. The molecule has 0 aliphatic carbocycles. The van der Waals surface area contributed by atoms with Gasteiger partial charge >= 0.3 is 12.0 Å². The monoisotopic (exact) mass is 274 g/mol. The molecule has 0 heterocycles. The summed E-state index contributed by atoms with van der Waals surface area (Å²) < 4.78 is 31.2. The molecule has 0 aliphatic heterocycles. The smallest absolute Gasteiger partial charge is 0.335 e. The van der Waals surface area contributed by atoms with Crippen LogP contribution in [0.3, 0.4) is 0 Å². The number of aromatic carboxylic acids is 1. The average molecular weight is 274 g/mol. The third-order valence-electron chi connectivity index (χ3n) is 1.86. The van der Waals surface area contributed by atoms with Crippen molar-refractivity contribution in [2.45, 2.75) is 0 Å². The molecule has 0 fully saturated rings. The molecule has 7 nitrogen and oxygen atoms in total. The average Bonchev–Trinajstić information content (AvgIpc) is 2.26. The standard InChI is InChI=1S/C10H8F2N2O5/c11-5-1-4(9(16)17)2-6(12)8(5)19-3-7(15)14-10(13)18/h1-2H,3H2,(H,16,17)(H3,13,14,15,18). The van der Waals surface area contributed by atoms with E-state index >= 15 is 0 Å². The number of carboxylic acids is 1. The Hall–Kier alpha value is -2.71. The zero-order valence-corrected chi connectivity index (χ0v) is 9.28. The zero-order chi connectivity index (χ0) is 14.6. The van der Waals surface area contributed by atoms with Crippen molar-refractivity contribution in [2.75, 3.05) is 6.61 Å². The van der Waals surface area contributed by atoms with Crippen LogP contribution in [0.1, 0.15) is 10.4 Å². The first-order valence-corrected chi connectivity index (χ1v) is 4.75. The first-order chi connectivity index (χ1) is 8.81. The third-order valence-corrected chi connectivity index (χ3v) is 1.86. The van der Waals surface area contributed by atoms with Gasteiger partial charge in [0, 0.05) is 0 Å². The summed E-state index contributed by atoms with van der Waals surface area (Å²) in [6, 6.07) is -0.0739. The van der Waals surface area contributed by atoms with Crippen molar-refractivity contribution in [1.29, 1.82) is 0 Å². The number of carbonyl (C=O) groups is 3. The lowest BCUT2D eigenvalue weighted by atomic mass is 10.2. The fourth-order valence-electron chi connectivity index (χ4n) is 1.13. The van der Waals surface area contributed by atoms with Gasteiger partial charge in [0.15, 0.2) is 24.0 Å². The number of nitrogens with one attached hydrogen (secondary N) is 1. The molecule has 0 radical (unpaired) electrons. The molecule has 0 saturated carbocycles. The lowest BCUT2D eigenvalue weighted by Crippen LogP contribution is -2.38. The molecule has 1 rings (SSSR count). The molecule has 0 aliphatic rings. The van der Waals surface area contributed by atoms with E-state index in [0.29, 0.717) is 12.1 Å². The molecule has 102 valence electrons. The topological polar surface area (TPSA) is 119 Å². The van der Waals surface area contributed by atoms with Crippen LogP contribution in [0.4, 0.5) is 13.6 Å². The van der Waals surface area contributed by atoms with E-state index in [-0.39, 0.29) is 0 Å². The van der Waals surface area contributed by atoms with Gasteiger partial charge < -0.3 is 15.6 Å². The summed E-state index contributed by atoms with van der Waals surface area (Å²) in [6.45, 7) is -0.858. The number of hydrogen-bond donors (Lipinski definition) is 3. The largest absolute Gasteiger partial charge is 0.478 e. The van der Waals surface area contributed by atoms with Crippen molar-refractivity contribution in [1.82, 2.24) is 5.32 Å². The van der Waals surface area contributed by atoms with Crippen molar-refractivity contribution in [3.63, 3.8) is 0 Å². The summed E-state index contributed by atoms with van der Waals surface area (Å²) in [5.41, 5.74) is 4.03. The van der Waals surface area contributed by atoms with Gasteiger partial charge in [0.2, 0.25) is 0 Å².